The van der Waals surface area contributed by atoms with Gasteiger partial charge in [0.2, 0.25) is 0 Å². The van der Waals surface area contributed by atoms with Gasteiger partial charge in [0.15, 0.2) is 4.90 Å². The average molecular weight is 452 g/mol. The second-order valence-electron chi connectivity index (χ2n) is 7.00. The summed E-state index contributed by atoms with van der Waals surface area (Å²) in [5.74, 6) is 3.14. The summed E-state index contributed by atoms with van der Waals surface area (Å²) >= 11 is 0. The summed E-state index contributed by atoms with van der Waals surface area (Å²) in [4.78, 5) is 1.43. The van der Waals surface area contributed by atoms with E-state index in [9.17, 15) is 0 Å². The first kappa shape index (κ1) is 24.3. The molecule has 7 heteroatoms. The van der Waals surface area contributed by atoms with Gasteiger partial charge in [0.1, 0.15) is 23.9 Å². The van der Waals surface area contributed by atoms with Crippen molar-refractivity contribution in [2.75, 3.05) is 84.2 Å². The Morgan fingerprint density at radius 1 is 0.710 bits per heavy atom. The number of benzene rings is 2. The normalized spacial score (nSPS) is 14.9. The van der Waals surface area contributed by atoms with E-state index in [1.165, 1.54) is 15.7 Å². The van der Waals surface area contributed by atoms with Crippen LogP contribution in [-0.4, -0.2) is 84.2 Å². The predicted molar refractivity (Wildman–Crippen MR) is 125 cm³/mol. The van der Waals surface area contributed by atoms with Gasteiger partial charge in [-0.25, -0.2) is 0 Å². The lowest BCUT2D eigenvalue weighted by atomic mass is 10.1. The third-order valence-corrected chi connectivity index (χ3v) is 7.21. The average Bonchev–Trinajstić information content (AvgIpc) is 2.82. The Bertz CT molecular complexity index is 750. The maximum absolute atomic E-state index is 6.03. The van der Waals surface area contributed by atoms with Crippen LogP contribution in [0.4, 0.5) is 0 Å². The molecule has 0 aliphatic carbocycles. The van der Waals surface area contributed by atoms with Crippen LogP contribution in [0.5, 0.6) is 5.75 Å². The van der Waals surface area contributed by atoms with Crippen molar-refractivity contribution < 1.29 is 28.4 Å². The summed E-state index contributed by atoms with van der Waals surface area (Å²) in [7, 11) is 0.258. The maximum atomic E-state index is 6.03. The van der Waals surface area contributed by atoms with Crippen LogP contribution in [0.3, 0.4) is 0 Å². The molecule has 0 N–H and O–H groups in total. The van der Waals surface area contributed by atoms with Crippen LogP contribution in [-0.2, 0) is 34.6 Å². The van der Waals surface area contributed by atoms with Gasteiger partial charge in [-0.05, 0) is 25.1 Å². The molecular weight excluding hydrogens is 416 g/mol. The zero-order chi connectivity index (χ0) is 21.6. The Morgan fingerprint density at radius 3 is 1.94 bits per heavy atom. The second kappa shape index (κ2) is 14.7. The Morgan fingerprint density at radius 2 is 1.29 bits per heavy atom. The van der Waals surface area contributed by atoms with Crippen LogP contribution in [0.2, 0.25) is 0 Å². The van der Waals surface area contributed by atoms with Gasteiger partial charge in [0.25, 0.3) is 0 Å². The number of ether oxygens (including phenoxy) is 6. The molecule has 0 unspecified atom stereocenters. The highest BCUT2D eigenvalue weighted by atomic mass is 32.2. The predicted octanol–water partition coefficient (Wildman–Crippen LogP) is 3.31. The summed E-state index contributed by atoms with van der Waals surface area (Å²) < 4.78 is 33.3. The maximum Gasteiger partial charge on any atom is 0.163 e. The number of hydrogen-bond donors (Lipinski definition) is 0. The molecule has 0 amide bonds. The molecule has 31 heavy (non-hydrogen) atoms. The molecule has 0 atom stereocenters. The Hall–Kier alpha value is -1.35. The summed E-state index contributed by atoms with van der Waals surface area (Å²) in [5.41, 5.74) is 0. The number of hydrogen-bond acceptors (Lipinski definition) is 6. The zero-order valence-corrected chi connectivity index (χ0v) is 19.3. The van der Waals surface area contributed by atoms with E-state index in [4.69, 9.17) is 28.4 Å². The van der Waals surface area contributed by atoms with Crippen molar-refractivity contribution in [3.05, 3.63) is 36.4 Å². The van der Waals surface area contributed by atoms with Crippen LogP contribution in [0, 0.1) is 0 Å². The molecule has 0 bridgehead atoms. The molecular formula is C24H35O6S+. The van der Waals surface area contributed by atoms with E-state index in [1.54, 1.807) is 0 Å². The third kappa shape index (κ3) is 8.25. The fourth-order valence-corrected chi connectivity index (χ4v) is 5.41. The molecule has 1 heterocycles. The highest BCUT2D eigenvalue weighted by Crippen LogP contribution is 2.33. The van der Waals surface area contributed by atoms with Crippen LogP contribution in [0.1, 0.15) is 6.92 Å². The van der Waals surface area contributed by atoms with Gasteiger partial charge in [-0.3, -0.25) is 0 Å². The van der Waals surface area contributed by atoms with E-state index in [1.807, 2.05) is 6.92 Å². The molecule has 2 aromatic rings. The molecule has 1 fully saturated rings. The van der Waals surface area contributed by atoms with E-state index < -0.39 is 0 Å². The molecule has 0 aromatic heterocycles. The molecule has 0 spiro atoms. The van der Waals surface area contributed by atoms with Crippen LogP contribution in [0.15, 0.2) is 41.3 Å². The minimum atomic E-state index is 0.258. The SMILES string of the molecule is CCOCCOCCOCCOCCOc1ccc([S+]2CCOCC2)c2ccccc12. The van der Waals surface area contributed by atoms with E-state index in [-0.39, 0.29) is 10.9 Å². The van der Waals surface area contributed by atoms with Gasteiger partial charge in [-0.2, -0.15) is 0 Å². The summed E-state index contributed by atoms with van der Waals surface area (Å²) in [5, 5.41) is 2.47. The molecule has 2 aromatic carbocycles. The lowest BCUT2D eigenvalue weighted by Gasteiger charge is -2.17. The van der Waals surface area contributed by atoms with Crippen molar-refractivity contribution in [2.24, 2.45) is 0 Å². The van der Waals surface area contributed by atoms with Gasteiger partial charge in [0, 0.05) is 28.3 Å². The van der Waals surface area contributed by atoms with Gasteiger partial charge < -0.3 is 28.4 Å². The van der Waals surface area contributed by atoms with Crippen molar-refractivity contribution in [1.82, 2.24) is 0 Å². The molecule has 3 rings (SSSR count). The van der Waals surface area contributed by atoms with Crippen LogP contribution < -0.4 is 4.74 Å². The molecule has 1 aliphatic rings. The van der Waals surface area contributed by atoms with Gasteiger partial charge in [-0.15, -0.1) is 0 Å². The van der Waals surface area contributed by atoms with Crippen molar-refractivity contribution in [3.63, 3.8) is 0 Å². The fourth-order valence-electron chi connectivity index (χ4n) is 3.38. The lowest BCUT2D eigenvalue weighted by Crippen LogP contribution is -2.26. The molecule has 172 valence electrons. The molecule has 0 radical (unpaired) electrons. The topological polar surface area (TPSA) is 55.4 Å². The molecule has 6 nitrogen and oxygen atoms in total. The number of fused-ring (bicyclic) bond motifs is 1. The Kier molecular flexibility index (Phi) is 11.5. The highest BCUT2D eigenvalue weighted by molar-refractivity contribution is 7.97. The summed E-state index contributed by atoms with van der Waals surface area (Å²) in [6.45, 7) is 8.95. The lowest BCUT2D eigenvalue weighted by molar-refractivity contribution is -0.00337. The first-order valence-electron chi connectivity index (χ1n) is 11.1. The van der Waals surface area contributed by atoms with E-state index in [0.29, 0.717) is 52.9 Å². The quantitative estimate of drug-likeness (QED) is 0.306. The zero-order valence-electron chi connectivity index (χ0n) is 18.5. The van der Waals surface area contributed by atoms with E-state index in [2.05, 4.69) is 36.4 Å². The Labute approximate surface area is 188 Å². The van der Waals surface area contributed by atoms with Crippen LogP contribution >= 0.6 is 0 Å². The van der Waals surface area contributed by atoms with Gasteiger partial charge >= 0.3 is 0 Å². The van der Waals surface area contributed by atoms with E-state index in [0.717, 1.165) is 37.1 Å². The first-order valence-corrected chi connectivity index (χ1v) is 12.7. The molecule has 0 saturated carbocycles. The van der Waals surface area contributed by atoms with Crippen molar-refractivity contribution in [1.29, 1.82) is 0 Å². The molecule has 1 aliphatic heterocycles. The number of rotatable bonds is 15. The monoisotopic (exact) mass is 451 g/mol. The minimum absolute atomic E-state index is 0.258. The van der Waals surface area contributed by atoms with E-state index >= 15 is 0 Å². The summed E-state index contributed by atoms with van der Waals surface area (Å²) in [6.07, 6.45) is 0. The second-order valence-corrected chi connectivity index (χ2v) is 9.25. The first-order chi connectivity index (χ1) is 15.4. The smallest absolute Gasteiger partial charge is 0.163 e. The van der Waals surface area contributed by atoms with Gasteiger partial charge in [-0.1, -0.05) is 18.2 Å². The van der Waals surface area contributed by atoms with Gasteiger partial charge in [0.05, 0.1) is 59.5 Å². The summed E-state index contributed by atoms with van der Waals surface area (Å²) in [6, 6.07) is 12.9. The largest absolute Gasteiger partial charge is 0.491 e. The third-order valence-electron chi connectivity index (χ3n) is 4.91. The standard InChI is InChI=1S/C24H35O6S/c1-2-25-9-10-26-11-12-27-13-14-28-15-16-30-23-7-8-24(31-19-17-29-18-20-31)22-6-4-3-5-21(22)23/h3-8H,2,9-20H2,1H3/q+1. The molecule has 1 saturated heterocycles. The highest BCUT2D eigenvalue weighted by Gasteiger charge is 2.27. The van der Waals surface area contributed by atoms with Crippen LogP contribution in [0.25, 0.3) is 10.8 Å². The van der Waals surface area contributed by atoms with Crippen molar-refractivity contribution >= 4 is 21.7 Å². The van der Waals surface area contributed by atoms with Crippen molar-refractivity contribution in [2.45, 2.75) is 11.8 Å². The fraction of sp³-hybridized carbons (Fsp3) is 0.583. The Balaban J connectivity index is 1.33. The minimum Gasteiger partial charge on any atom is -0.491 e. The van der Waals surface area contributed by atoms with Crippen molar-refractivity contribution in [3.8, 4) is 5.75 Å².